The number of amides is 1. The van der Waals surface area contributed by atoms with Crippen LogP contribution >= 0.6 is 0 Å². The molecule has 1 aliphatic rings. The van der Waals surface area contributed by atoms with Crippen LogP contribution in [-0.2, 0) is 0 Å². The molecule has 1 amide bonds. The van der Waals surface area contributed by atoms with Gasteiger partial charge in [0.1, 0.15) is 11.5 Å². The van der Waals surface area contributed by atoms with Gasteiger partial charge in [-0.2, -0.15) is 10.2 Å². The smallest absolute Gasteiger partial charge is 0.269 e. The average Bonchev–Trinajstić information content (AvgIpc) is 3.15. The minimum Gasteiger partial charge on any atom is -0.350 e. The molecule has 1 fully saturated rings. The van der Waals surface area contributed by atoms with Gasteiger partial charge < -0.3 is 10.2 Å². The number of hydrogen-bond acceptors (Lipinski definition) is 5. The lowest BCUT2D eigenvalue weighted by Crippen LogP contribution is -2.47. The number of H-pyrrole nitrogens is 1. The Morgan fingerprint density at radius 3 is 2.92 bits per heavy atom. The fourth-order valence-electron chi connectivity index (χ4n) is 3.14. The number of carbonyl (C=O) groups is 1. The minimum atomic E-state index is -0.164. The molecule has 2 aromatic rings. The van der Waals surface area contributed by atoms with Crippen molar-refractivity contribution in [3.05, 3.63) is 40.4 Å². The first-order chi connectivity index (χ1) is 12.1. The molecule has 134 valence electrons. The van der Waals surface area contributed by atoms with Gasteiger partial charge in [-0.15, -0.1) is 0 Å². The van der Waals surface area contributed by atoms with Crippen molar-refractivity contribution in [3.8, 4) is 0 Å². The molecule has 1 atom stereocenters. The van der Waals surface area contributed by atoms with E-state index in [0.29, 0.717) is 12.2 Å². The number of nitrogens with zero attached hydrogens (tertiary/aromatic N) is 4. The first-order valence-corrected chi connectivity index (χ1v) is 8.70. The molecule has 0 bridgehead atoms. The van der Waals surface area contributed by atoms with Gasteiger partial charge >= 0.3 is 0 Å². The molecule has 1 aliphatic heterocycles. The average molecular weight is 344 g/mol. The Morgan fingerprint density at radius 1 is 1.36 bits per heavy atom. The monoisotopic (exact) mass is 344 g/mol. The molecule has 3 rings (SSSR count). The number of nitrogens with one attached hydrogen (secondary N) is 2. The number of aromatic amines is 1. The zero-order valence-electron chi connectivity index (χ0n) is 14.6. The molecule has 0 aromatic carbocycles. The summed E-state index contributed by atoms with van der Waals surface area (Å²) in [5, 5.41) is 13.9. The Balaban J connectivity index is 1.74. The lowest BCUT2D eigenvalue weighted by atomic mass is 10.0. The topological polar surface area (TPSA) is 95.9 Å². The van der Waals surface area contributed by atoms with Gasteiger partial charge in [0.15, 0.2) is 0 Å². The van der Waals surface area contributed by atoms with E-state index in [1.807, 2.05) is 13.8 Å². The van der Waals surface area contributed by atoms with Gasteiger partial charge in [0.25, 0.3) is 11.5 Å². The normalized spacial score (nSPS) is 17.7. The second-order valence-electron chi connectivity index (χ2n) is 6.59. The molecule has 0 radical (unpaired) electrons. The highest BCUT2D eigenvalue weighted by Gasteiger charge is 2.25. The van der Waals surface area contributed by atoms with E-state index in [9.17, 15) is 9.59 Å². The molecule has 0 spiro atoms. The Labute approximate surface area is 146 Å². The van der Waals surface area contributed by atoms with Crippen LogP contribution in [0.25, 0.3) is 0 Å². The van der Waals surface area contributed by atoms with Gasteiger partial charge in [-0.25, -0.2) is 4.68 Å². The summed E-state index contributed by atoms with van der Waals surface area (Å²) in [4.78, 5) is 26.2. The predicted molar refractivity (Wildman–Crippen MR) is 94.8 cm³/mol. The Bertz CT molecular complexity index is 768. The lowest BCUT2D eigenvalue weighted by Gasteiger charge is -2.36. The van der Waals surface area contributed by atoms with Gasteiger partial charge in [0.05, 0.1) is 6.04 Å². The molecular formula is C17H24N6O2. The van der Waals surface area contributed by atoms with Gasteiger partial charge in [0.2, 0.25) is 0 Å². The van der Waals surface area contributed by atoms with Crippen molar-refractivity contribution >= 4 is 11.7 Å². The van der Waals surface area contributed by atoms with E-state index in [4.69, 9.17) is 0 Å². The maximum absolute atomic E-state index is 12.1. The molecule has 1 saturated heterocycles. The molecule has 0 saturated carbocycles. The van der Waals surface area contributed by atoms with Crippen LogP contribution in [0.5, 0.6) is 0 Å². The number of piperidine rings is 1. The zero-order valence-corrected chi connectivity index (χ0v) is 14.6. The molecule has 0 aliphatic carbocycles. The first-order valence-electron chi connectivity index (χ1n) is 8.70. The number of carbonyl (C=O) groups excluding carboxylic acids is 1. The highest BCUT2D eigenvalue weighted by atomic mass is 16.2. The van der Waals surface area contributed by atoms with Crippen molar-refractivity contribution in [2.75, 3.05) is 18.0 Å². The summed E-state index contributed by atoms with van der Waals surface area (Å²) >= 11 is 0. The Kier molecular flexibility index (Phi) is 5.16. The van der Waals surface area contributed by atoms with Crippen molar-refractivity contribution in [1.82, 2.24) is 25.3 Å². The van der Waals surface area contributed by atoms with Crippen molar-refractivity contribution < 1.29 is 4.79 Å². The lowest BCUT2D eigenvalue weighted by molar-refractivity contribution is 0.0944. The first kappa shape index (κ1) is 17.2. The maximum Gasteiger partial charge on any atom is 0.269 e. The van der Waals surface area contributed by atoms with Gasteiger partial charge in [-0.1, -0.05) is 0 Å². The highest BCUT2D eigenvalue weighted by Crippen LogP contribution is 2.22. The van der Waals surface area contributed by atoms with E-state index in [1.165, 1.54) is 4.68 Å². The van der Waals surface area contributed by atoms with Crippen LogP contribution in [-0.4, -0.2) is 45.0 Å². The second-order valence-corrected chi connectivity index (χ2v) is 6.59. The quantitative estimate of drug-likeness (QED) is 0.853. The van der Waals surface area contributed by atoms with E-state index in [-0.39, 0.29) is 23.6 Å². The maximum atomic E-state index is 12.1. The third-order valence-electron chi connectivity index (χ3n) is 4.47. The van der Waals surface area contributed by atoms with E-state index >= 15 is 0 Å². The van der Waals surface area contributed by atoms with E-state index in [2.05, 4.69) is 25.5 Å². The minimum absolute atomic E-state index is 0.00997. The number of hydrogen-bond donors (Lipinski definition) is 2. The van der Waals surface area contributed by atoms with E-state index in [1.54, 1.807) is 24.4 Å². The molecule has 8 nitrogen and oxygen atoms in total. The van der Waals surface area contributed by atoms with Crippen molar-refractivity contribution in [1.29, 1.82) is 0 Å². The predicted octanol–water partition coefficient (Wildman–Crippen LogP) is 1.34. The fourth-order valence-corrected chi connectivity index (χ4v) is 3.14. The summed E-state index contributed by atoms with van der Waals surface area (Å²) in [6.07, 6.45) is 4.73. The van der Waals surface area contributed by atoms with Crippen LogP contribution in [0.4, 0.5) is 5.82 Å². The summed E-state index contributed by atoms with van der Waals surface area (Å²) < 4.78 is 1.50. The third kappa shape index (κ3) is 3.89. The summed E-state index contributed by atoms with van der Waals surface area (Å²) in [6.45, 7) is 5.28. The third-order valence-corrected chi connectivity index (χ3v) is 4.47. The molecule has 1 unspecified atom stereocenters. The summed E-state index contributed by atoms with van der Waals surface area (Å²) in [7, 11) is 0. The summed E-state index contributed by atoms with van der Waals surface area (Å²) in [6, 6.07) is 5.16. The van der Waals surface area contributed by atoms with Crippen LogP contribution in [0.1, 0.15) is 49.6 Å². The second kappa shape index (κ2) is 7.50. The Morgan fingerprint density at radius 2 is 2.20 bits per heavy atom. The molecule has 2 aromatic heterocycles. The SMILES string of the molecule is CC(C)n1nc(N2CCCCC2CNC(=O)c2ccn[nH]2)ccc1=O. The Hall–Kier alpha value is -2.64. The van der Waals surface area contributed by atoms with Crippen LogP contribution in [0.15, 0.2) is 29.2 Å². The summed E-state index contributed by atoms with van der Waals surface area (Å²) in [5.41, 5.74) is 0.355. The van der Waals surface area contributed by atoms with E-state index < -0.39 is 0 Å². The largest absolute Gasteiger partial charge is 0.350 e. The van der Waals surface area contributed by atoms with Crippen LogP contribution in [0.2, 0.25) is 0 Å². The summed E-state index contributed by atoms with van der Waals surface area (Å²) in [5.74, 6) is 0.622. The van der Waals surface area contributed by atoms with Crippen molar-refractivity contribution in [2.45, 2.75) is 45.2 Å². The van der Waals surface area contributed by atoms with Crippen molar-refractivity contribution in [3.63, 3.8) is 0 Å². The van der Waals surface area contributed by atoms with Crippen LogP contribution in [0.3, 0.4) is 0 Å². The van der Waals surface area contributed by atoms with Gasteiger partial charge in [-0.05, 0) is 45.2 Å². The molecule has 8 heteroatoms. The number of aromatic nitrogens is 4. The fraction of sp³-hybridized carbons (Fsp3) is 0.529. The highest BCUT2D eigenvalue weighted by molar-refractivity contribution is 5.92. The van der Waals surface area contributed by atoms with Gasteiger partial charge in [0, 0.05) is 31.4 Å². The number of anilines is 1. The van der Waals surface area contributed by atoms with Gasteiger partial charge in [-0.3, -0.25) is 14.7 Å². The molecule has 3 heterocycles. The zero-order chi connectivity index (χ0) is 17.8. The van der Waals surface area contributed by atoms with Crippen LogP contribution in [0, 0.1) is 0 Å². The standard InChI is InChI=1S/C17H24N6O2/c1-12(2)23-16(24)7-6-15(21-23)22-10-4-3-5-13(22)11-18-17(25)14-8-9-19-20-14/h6-9,12-13H,3-5,10-11H2,1-2H3,(H,18,25)(H,19,20). The van der Waals surface area contributed by atoms with Crippen molar-refractivity contribution in [2.24, 2.45) is 0 Å². The molecule has 2 N–H and O–H groups in total. The number of rotatable bonds is 5. The molecule has 25 heavy (non-hydrogen) atoms. The van der Waals surface area contributed by atoms with E-state index in [0.717, 1.165) is 31.6 Å². The van der Waals surface area contributed by atoms with Crippen LogP contribution < -0.4 is 15.8 Å². The molecular weight excluding hydrogens is 320 g/mol.